The molecule has 1 unspecified atom stereocenters. The van der Waals surface area contributed by atoms with Crippen LogP contribution in [0.4, 0.5) is 0 Å². The molecule has 1 atom stereocenters. The molecule has 0 aromatic heterocycles. The van der Waals surface area contributed by atoms with E-state index in [2.05, 4.69) is 0 Å². The molecule has 2 aromatic rings. The second kappa shape index (κ2) is 6.01. The van der Waals surface area contributed by atoms with Crippen LogP contribution in [0.3, 0.4) is 0 Å². The van der Waals surface area contributed by atoms with Gasteiger partial charge in [0.2, 0.25) is 0 Å². The highest BCUT2D eigenvalue weighted by atomic mass is 16.5. The Bertz CT molecular complexity index is 628. The van der Waals surface area contributed by atoms with Gasteiger partial charge in [0.05, 0.1) is 12.7 Å². The molecule has 0 radical (unpaired) electrons. The SMILES string of the molecule is CCOC(=O)C(C#N)Cc1ccc2ccccc2c1. The number of esters is 1. The van der Waals surface area contributed by atoms with Crippen LogP contribution in [0.25, 0.3) is 10.8 Å². The van der Waals surface area contributed by atoms with Crippen LogP contribution < -0.4 is 0 Å². The van der Waals surface area contributed by atoms with Crippen molar-refractivity contribution in [2.24, 2.45) is 5.92 Å². The molecule has 3 nitrogen and oxygen atoms in total. The van der Waals surface area contributed by atoms with Crippen molar-refractivity contribution in [3.8, 4) is 6.07 Å². The van der Waals surface area contributed by atoms with Crippen molar-refractivity contribution in [1.82, 2.24) is 0 Å². The van der Waals surface area contributed by atoms with Crippen LogP contribution in [-0.4, -0.2) is 12.6 Å². The maximum atomic E-state index is 11.6. The number of ether oxygens (including phenoxy) is 1. The van der Waals surface area contributed by atoms with Gasteiger partial charge in [0, 0.05) is 0 Å². The molecule has 2 aromatic carbocycles. The average Bonchev–Trinajstić information content (AvgIpc) is 2.44. The molecule has 96 valence electrons. The van der Waals surface area contributed by atoms with E-state index in [4.69, 9.17) is 10.00 Å². The summed E-state index contributed by atoms with van der Waals surface area (Å²) in [6.07, 6.45) is 0.389. The minimum Gasteiger partial charge on any atom is -0.465 e. The lowest BCUT2D eigenvalue weighted by Gasteiger charge is -2.09. The Labute approximate surface area is 112 Å². The van der Waals surface area contributed by atoms with E-state index in [9.17, 15) is 4.79 Å². The summed E-state index contributed by atoms with van der Waals surface area (Å²) in [5, 5.41) is 11.3. The van der Waals surface area contributed by atoms with Crippen molar-refractivity contribution in [2.45, 2.75) is 13.3 Å². The van der Waals surface area contributed by atoms with E-state index in [0.717, 1.165) is 16.3 Å². The molecule has 0 aliphatic rings. The van der Waals surface area contributed by atoms with Crippen molar-refractivity contribution in [1.29, 1.82) is 5.26 Å². The predicted molar refractivity (Wildman–Crippen MR) is 73.4 cm³/mol. The van der Waals surface area contributed by atoms with E-state index < -0.39 is 11.9 Å². The van der Waals surface area contributed by atoms with E-state index in [1.165, 1.54) is 0 Å². The van der Waals surface area contributed by atoms with Crippen molar-refractivity contribution in [3.05, 3.63) is 48.0 Å². The van der Waals surface area contributed by atoms with Gasteiger partial charge in [-0.2, -0.15) is 5.26 Å². The Morgan fingerprint density at radius 1 is 1.26 bits per heavy atom. The lowest BCUT2D eigenvalue weighted by molar-refractivity contribution is -0.145. The van der Waals surface area contributed by atoms with E-state index in [0.29, 0.717) is 13.0 Å². The van der Waals surface area contributed by atoms with Crippen molar-refractivity contribution < 1.29 is 9.53 Å². The Morgan fingerprint density at radius 3 is 2.68 bits per heavy atom. The summed E-state index contributed by atoms with van der Waals surface area (Å²) in [5.74, 6) is -1.18. The smallest absolute Gasteiger partial charge is 0.323 e. The van der Waals surface area contributed by atoms with Crippen LogP contribution >= 0.6 is 0 Å². The second-order valence-electron chi connectivity index (χ2n) is 4.32. The molecule has 0 saturated heterocycles. The van der Waals surface area contributed by atoms with Crippen LogP contribution in [0.1, 0.15) is 12.5 Å². The number of hydrogen-bond acceptors (Lipinski definition) is 3. The summed E-state index contributed by atoms with van der Waals surface area (Å²) in [6.45, 7) is 2.04. The van der Waals surface area contributed by atoms with Gasteiger partial charge in [0.15, 0.2) is 0 Å². The lowest BCUT2D eigenvalue weighted by atomic mass is 9.98. The molecule has 2 rings (SSSR count). The normalized spacial score (nSPS) is 11.8. The van der Waals surface area contributed by atoms with Gasteiger partial charge in [-0.1, -0.05) is 42.5 Å². The van der Waals surface area contributed by atoms with Gasteiger partial charge in [-0.05, 0) is 29.7 Å². The zero-order valence-electron chi connectivity index (χ0n) is 10.8. The molecule has 0 heterocycles. The summed E-state index contributed by atoms with van der Waals surface area (Å²) in [5.41, 5.74) is 0.971. The minimum absolute atomic E-state index is 0.300. The van der Waals surface area contributed by atoms with Crippen LogP contribution in [0.15, 0.2) is 42.5 Å². The van der Waals surface area contributed by atoms with Crippen molar-refractivity contribution in [2.75, 3.05) is 6.61 Å². The topological polar surface area (TPSA) is 50.1 Å². The third-order valence-corrected chi connectivity index (χ3v) is 2.98. The first kappa shape index (κ1) is 13.1. The van der Waals surface area contributed by atoms with Gasteiger partial charge in [-0.15, -0.1) is 0 Å². The zero-order chi connectivity index (χ0) is 13.7. The van der Waals surface area contributed by atoms with Gasteiger partial charge in [0.25, 0.3) is 0 Å². The van der Waals surface area contributed by atoms with Gasteiger partial charge in [0.1, 0.15) is 5.92 Å². The van der Waals surface area contributed by atoms with Gasteiger partial charge in [-0.25, -0.2) is 0 Å². The third-order valence-electron chi connectivity index (χ3n) is 2.98. The number of carbonyl (C=O) groups excluding carboxylic acids is 1. The third kappa shape index (κ3) is 3.11. The van der Waals surface area contributed by atoms with Crippen LogP contribution in [0.5, 0.6) is 0 Å². The molecular formula is C16H15NO2. The highest BCUT2D eigenvalue weighted by molar-refractivity contribution is 5.83. The first-order valence-electron chi connectivity index (χ1n) is 6.28. The molecule has 0 amide bonds. The molecule has 0 fully saturated rings. The van der Waals surface area contributed by atoms with E-state index >= 15 is 0 Å². The molecule has 3 heteroatoms. The van der Waals surface area contributed by atoms with Crippen molar-refractivity contribution >= 4 is 16.7 Å². The average molecular weight is 253 g/mol. The Morgan fingerprint density at radius 2 is 2.00 bits per heavy atom. The molecule has 0 saturated carbocycles. The molecule has 19 heavy (non-hydrogen) atoms. The molecule has 0 bridgehead atoms. The number of nitrogens with zero attached hydrogens (tertiary/aromatic N) is 1. The summed E-state index contributed by atoms with van der Waals surface area (Å²) in [7, 11) is 0. The molecule has 0 spiro atoms. The van der Waals surface area contributed by atoms with E-state index in [1.807, 2.05) is 48.5 Å². The van der Waals surface area contributed by atoms with Crippen LogP contribution in [0, 0.1) is 17.2 Å². The number of hydrogen-bond donors (Lipinski definition) is 0. The fraction of sp³-hybridized carbons (Fsp3) is 0.250. The largest absolute Gasteiger partial charge is 0.465 e. The second-order valence-corrected chi connectivity index (χ2v) is 4.32. The van der Waals surface area contributed by atoms with Crippen LogP contribution in [-0.2, 0) is 16.0 Å². The van der Waals surface area contributed by atoms with Crippen molar-refractivity contribution in [3.63, 3.8) is 0 Å². The Hall–Kier alpha value is -2.34. The van der Waals surface area contributed by atoms with Gasteiger partial charge < -0.3 is 4.74 Å². The number of rotatable bonds is 4. The summed E-state index contributed by atoms with van der Waals surface area (Å²) < 4.78 is 4.89. The number of carbonyl (C=O) groups is 1. The predicted octanol–water partition coefficient (Wildman–Crippen LogP) is 3.09. The number of nitriles is 1. The summed E-state index contributed by atoms with van der Waals surface area (Å²) in [6, 6.07) is 16.0. The highest BCUT2D eigenvalue weighted by Gasteiger charge is 2.19. The zero-order valence-corrected chi connectivity index (χ0v) is 10.8. The summed E-state index contributed by atoms with van der Waals surface area (Å²) in [4.78, 5) is 11.6. The highest BCUT2D eigenvalue weighted by Crippen LogP contribution is 2.18. The maximum Gasteiger partial charge on any atom is 0.323 e. The van der Waals surface area contributed by atoms with Gasteiger partial charge >= 0.3 is 5.97 Å². The molecular weight excluding hydrogens is 238 g/mol. The van der Waals surface area contributed by atoms with E-state index in [1.54, 1.807) is 6.92 Å². The molecule has 0 aliphatic heterocycles. The fourth-order valence-corrected chi connectivity index (χ4v) is 2.03. The minimum atomic E-state index is -0.735. The number of benzene rings is 2. The first-order valence-corrected chi connectivity index (χ1v) is 6.28. The Balaban J connectivity index is 2.20. The summed E-state index contributed by atoms with van der Waals surface area (Å²) >= 11 is 0. The quantitative estimate of drug-likeness (QED) is 0.787. The standard InChI is InChI=1S/C16H15NO2/c1-2-19-16(18)15(11-17)10-12-7-8-13-5-3-4-6-14(13)9-12/h3-9,15H,2,10H2,1H3. The molecule has 0 aliphatic carbocycles. The first-order chi connectivity index (χ1) is 9.24. The number of fused-ring (bicyclic) bond motifs is 1. The van der Waals surface area contributed by atoms with Crippen LogP contribution in [0.2, 0.25) is 0 Å². The fourth-order valence-electron chi connectivity index (χ4n) is 2.03. The monoisotopic (exact) mass is 253 g/mol. The Kier molecular flexibility index (Phi) is 4.15. The molecule has 0 N–H and O–H groups in total. The lowest BCUT2D eigenvalue weighted by Crippen LogP contribution is -2.18. The van der Waals surface area contributed by atoms with Gasteiger partial charge in [-0.3, -0.25) is 4.79 Å². The maximum absolute atomic E-state index is 11.6. The van der Waals surface area contributed by atoms with E-state index in [-0.39, 0.29) is 0 Å².